The van der Waals surface area contributed by atoms with E-state index in [2.05, 4.69) is 55.3 Å². The Morgan fingerprint density at radius 3 is 2.52 bits per heavy atom. The molecule has 4 fully saturated rings. The van der Waals surface area contributed by atoms with Crippen LogP contribution in [0.25, 0.3) is 0 Å². The van der Waals surface area contributed by atoms with E-state index in [-0.39, 0.29) is 28.9 Å². The van der Waals surface area contributed by atoms with Crippen LogP contribution in [-0.4, -0.2) is 42.1 Å². The van der Waals surface area contributed by atoms with E-state index in [1.165, 1.54) is 30.4 Å². The first-order chi connectivity index (χ1) is 14.7. The highest BCUT2D eigenvalue weighted by molar-refractivity contribution is 5.81. The fourth-order valence-corrected chi connectivity index (χ4v) is 6.44. The molecule has 31 heavy (non-hydrogen) atoms. The van der Waals surface area contributed by atoms with Crippen LogP contribution in [0.3, 0.4) is 0 Å². The largest absolute Gasteiger partial charge is 0.447 e. The molecule has 2 saturated carbocycles. The molecule has 0 aromatic heterocycles. The number of hydrogen-bond acceptors (Lipinski definition) is 3. The molecular weight excluding hydrogens is 388 g/mol. The first-order valence-corrected chi connectivity index (χ1v) is 12.0. The zero-order valence-corrected chi connectivity index (χ0v) is 19.2. The van der Waals surface area contributed by atoms with Crippen LogP contribution in [0.4, 0.5) is 4.79 Å². The Hall–Kier alpha value is -2.04. The van der Waals surface area contributed by atoms with Crippen LogP contribution in [-0.2, 0) is 14.9 Å². The second-order valence-corrected chi connectivity index (χ2v) is 11.7. The van der Waals surface area contributed by atoms with Gasteiger partial charge in [0.15, 0.2) is 0 Å². The lowest BCUT2D eigenvalue weighted by Gasteiger charge is -2.46. The van der Waals surface area contributed by atoms with Gasteiger partial charge in [-0.1, -0.05) is 45.0 Å². The number of likely N-dealkylation sites (tertiary alicyclic amines) is 1. The Morgan fingerprint density at radius 1 is 1.13 bits per heavy atom. The number of amides is 2. The lowest BCUT2D eigenvalue weighted by atomic mass is 9.68. The van der Waals surface area contributed by atoms with Gasteiger partial charge in [-0.05, 0) is 72.8 Å². The summed E-state index contributed by atoms with van der Waals surface area (Å²) >= 11 is 0. The molecule has 0 unspecified atom stereocenters. The number of cyclic esters (lactones) is 1. The van der Waals surface area contributed by atoms with Crippen molar-refractivity contribution in [2.75, 3.05) is 19.7 Å². The van der Waals surface area contributed by atoms with Crippen molar-refractivity contribution in [3.05, 3.63) is 35.4 Å². The molecule has 2 amide bonds. The number of nitrogens with one attached hydrogen (secondary N) is 1. The molecule has 4 aliphatic rings. The van der Waals surface area contributed by atoms with Gasteiger partial charge in [0, 0.05) is 19.0 Å². The molecule has 2 saturated heterocycles. The summed E-state index contributed by atoms with van der Waals surface area (Å²) in [7, 11) is 0. The second-order valence-electron chi connectivity index (χ2n) is 11.7. The molecule has 1 aromatic rings. The number of carbonyl (C=O) groups excluding carboxylic acids is 2. The molecule has 2 aliphatic heterocycles. The fraction of sp³-hybridized carbons (Fsp3) is 0.692. The van der Waals surface area contributed by atoms with Crippen molar-refractivity contribution in [1.29, 1.82) is 0 Å². The average molecular weight is 425 g/mol. The zero-order valence-electron chi connectivity index (χ0n) is 19.2. The van der Waals surface area contributed by atoms with E-state index < -0.39 is 0 Å². The summed E-state index contributed by atoms with van der Waals surface area (Å²) in [6, 6.07) is 9.23. The van der Waals surface area contributed by atoms with Gasteiger partial charge in [0.1, 0.15) is 6.61 Å². The van der Waals surface area contributed by atoms with Gasteiger partial charge < -0.3 is 15.0 Å². The van der Waals surface area contributed by atoms with Crippen molar-refractivity contribution < 1.29 is 14.3 Å². The van der Waals surface area contributed by atoms with Crippen LogP contribution in [0.5, 0.6) is 0 Å². The summed E-state index contributed by atoms with van der Waals surface area (Å²) in [4.78, 5) is 26.4. The van der Waals surface area contributed by atoms with Crippen LogP contribution in [0.2, 0.25) is 0 Å². The van der Waals surface area contributed by atoms with Gasteiger partial charge in [-0.2, -0.15) is 0 Å². The van der Waals surface area contributed by atoms with Crippen molar-refractivity contribution in [3.63, 3.8) is 0 Å². The molecule has 5 rings (SSSR count). The van der Waals surface area contributed by atoms with Crippen molar-refractivity contribution >= 4 is 12.0 Å². The van der Waals surface area contributed by atoms with E-state index >= 15 is 0 Å². The minimum Gasteiger partial charge on any atom is -0.447 e. The molecular formula is C26H36N2O3. The van der Waals surface area contributed by atoms with Crippen LogP contribution in [0, 0.1) is 11.3 Å². The molecule has 2 spiro atoms. The highest BCUT2D eigenvalue weighted by Crippen LogP contribution is 2.53. The van der Waals surface area contributed by atoms with Gasteiger partial charge in [0.2, 0.25) is 5.91 Å². The van der Waals surface area contributed by atoms with Gasteiger partial charge in [-0.3, -0.25) is 4.79 Å². The number of alkyl carbamates (subject to hydrolysis) is 1. The smallest absolute Gasteiger partial charge is 0.407 e. The SMILES string of the molecule is CC(C)(C)c1cccc([C@H]2CCC3(CCN(C(=O)C4CC5(COC(=O)N5)C4)CC3)C2)c1. The molecule has 2 aliphatic carbocycles. The standard InChI is InChI=1S/C26H36N2O3/c1-24(2,3)21-6-4-5-18(13-21)19-7-8-25(14-19)9-11-28(12-10-25)22(29)20-15-26(16-20)17-31-23(30)27-26/h4-6,13,19-20H,7-12,14-17H2,1-3H3,(H,27,30)/t19-,20?,26?/m0/s1. The third-order valence-electron chi connectivity index (χ3n) is 8.53. The number of rotatable bonds is 2. The Bertz CT molecular complexity index is 873. The fourth-order valence-electron chi connectivity index (χ4n) is 6.44. The number of carbonyl (C=O) groups is 2. The monoisotopic (exact) mass is 424 g/mol. The Balaban J connectivity index is 1.16. The summed E-state index contributed by atoms with van der Waals surface area (Å²) < 4.78 is 5.04. The Morgan fingerprint density at radius 2 is 1.87 bits per heavy atom. The van der Waals surface area contributed by atoms with Crippen molar-refractivity contribution in [2.24, 2.45) is 11.3 Å². The minimum absolute atomic E-state index is 0.0486. The number of hydrogen-bond donors (Lipinski definition) is 1. The maximum Gasteiger partial charge on any atom is 0.407 e. The van der Waals surface area contributed by atoms with Crippen molar-refractivity contribution in [2.45, 2.75) is 82.6 Å². The van der Waals surface area contributed by atoms with E-state index in [1.807, 2.05) is 0 Å². The van der Waals surface area contributed by atoms with E-state index in [0.29, 0.717) is 17.9 Å². The number of ether oxygens (including phenoxy) is 1. The summed E-state index contributed by atoms with van der Waals surface area (Å²) in [5.41, 5.74) is 3.25. The molecule has 5 nitrogen and oxygen atoms in total. The molecule has 0 bridgehead atoms. The first-order valence-electron chi connectivity index (χ1n) is 12.0. The predicted octanol–water partition coefficient (Wildman–Crippen LogP) is 4.75. The van der Waals surface area contributed by atoms with Gasteiger partial charge in [0.25, 0.3) is 0 Å². The van der Waals surface area contributed by atoms with Gasteiger partial charge >= 0.3 is 6.09 Å². The summed E-state index contributed by atoms with van der Waals surface area (Å²) in [5, 5.41) is 2.90. The van der Waals surface area contributed by atoms with E-state index in [9.17, 15) is 9.59 Å². The number of benzene rings is 1. The van der Waals surface area contributed by atoms with Gasteiger partial charge in [0.05, 0.1) is 5.54 Å². The minimum atomic E-state index is -0.338. The number of nitrogens with zero attached hydrogens (tertiary/aromatic N) is 1. The average Bonchev–Trinajstić information content (AvgIpc) is 3.31. The van der Waals surface area contributed by atoms with Crippen LogP contribution >= 0.6 is 0 Å². The van der Waals surface area contributed by atoms with Crippen LogP contribution in [0.1, 0.15) is 82.8 Å². The Labute approximate surface area is 185 Å². The Kier molecular flexibility index (Phi) is 4.87. The highest BCUT2D eigenvalue weighted by Gasteiger charge is 2.54. The van der Waals surface area contributed by atoms with Crippen molar-refractivity contribution in [3.8, 4) is 0 Å². The molecule has 0 radical (unpaired) electrons. The third-order valence-corrected chi connectivity index (χ3v) is 8.53. The molecule has 2 heterocycles. The highest BCUT2D eigenvalue weighted by atomic mass is 16.6. The third kappa shape index (κ3) is 3.85. The van der Waals surface area contributed by atoms with E-state index in [0.717, 1.165) is 38.8 Å². The number of piperidine rings is 1. The summed E-state index contributed by atoms with van der Waals surface area (Å²) in [5.74, 6) is 0.989. The topological polar surface area (TPSA) is 58.6 Å². The first kappa shape index (κ1) is 20.8. The molecule has 168 valence electrons. The molecule has 1 atom stereocenters. The van der Waals surface area contributed by atoms with Crippen LogP contribution in [0.15, 0.2) is 24.3 Å². The van der Waals surface area contributed by atoms with Crippen LogP contribution < -0.4 is 5.32 Å². The normalized spacial score (nSPS) is 32.1. The van der Waals surface area contributed by atoms with Gasteiger partial charge in [-0.25, -0.2) is 4.79 Å². The quantitative estimate of drug-likeness (QED) is 0.745. The van der Waals surface area contributed by atoms with E-state index in [1.54, 1.807) is 0 Å². The molecule has 1 aromatic carbocycles. The molecule has 5 heteroatoms. The predicted molar refractivity (Wildman–Crippen MR) is 120 cm³/mol. The lowest BCUT2D eigenvalue weighted by Crippen LogP contribution is -2.59. The second kappa shape index (κ2) is 7.25. The zero-order chi connectivity index (χ0) is 21.9. The van der Waals surface area contributed by atoms with Crippen molar-refractivity contribution in [1.82, 2.24) is 10.2 Å². The summed E-state index contributed by atoms with van der Waals surface area (Å²) in [6.07, 6.45) is 7.20. The maximum absolute atomic E-state index is 13.0. The molecule has 1 N–H and O–H groups in total. The van der Waals surface area contributed by atoms with E-state index in [4.69, 9.17) is 4.74 Å². The van der Waals surface area contributed by atoms with Gasteiger partial charge in [-0.15, -0.1) is 0 Å². The lowest BCUT2D eigenvalue weighted by molar-refractivity contribution is -0.143. The summed E-state index contributed by atoms with van der Waals surface area (Å²) in [6.45, 7) is 9.04. The maximum atomic E-state index is 13.0.